The second kappa shape index (κ2) is 4.75. The van der Waals surface area contributed by atoms with Gasteiger partial charge in [-0.15, -0.1) is 0 Å². The van der Waals surface area contributed by atoms with Gasteiger partial charge in [-0.3, -0.25) is 0 Å². The number of rotatable bonds is 2. The SMILES string of the molecule is COC(=O)c1cc(C(F)(F)F)nn1-c1ccccc1.[2HH]. The molecule has 0 radical (unpaired) electrons. The number of alkyl halides is 3. The fourth-order valence-corrected chi connectivity index (χ4v) is 1.54. The second-order valence-electron chi connectivity index (χ2n) is 3.65. The Hall–Kier alpha value is -2.31. The lowest BCUT2D eigenvalue weighted by molar-refractivity contribution is -0.141. The molecule has 1 aromatic carbocycles. The van der Waals surface area contributed by atoms with Crippen LogP contribution in [0.2, 0.25) is 0 Å². The summed E-state index contributed by atoms with van der Waals surface area (Å²) in [4.78, 5) is 11.5. The Morgan fingerprint density at radius 3 is 2.47 bits per heavy atom. The Kier molecular flexibility index (Phi) is 3.28. The molecular weight excluding hydrogens is 261 g/mol. The summed E-state index contributed by atoms with van der Waals surface area (Å²) in [6, 6.07) is 8.71. The van der Waals surface area contributed by atoms with E-state index in [1.165, 1.54) is 0 Å². The fraction of sp³-hybridized carbons (Fsp3) is 0.167. The minimum atomic E-state index is -4.62. The van der Waals surface area contributed by atoms with Crippen LogP contribution in [0, 0.1) is 0 Å². The van der Waals surface area contributed by atoms with Gasteiger partial charge in [0, 0.05) is 7.49 Å². The number of carbonyl (C=O) groups is 1. The van der Waals surface area contributed by atoms with Crippen molar-refractivity contribution in [2.45, 2.75) is 6.18 Å². The number of hydrogen-bond acceptors (Lipinski definition) is 3. The Balaban J connectivity index is 0.00000200. The molecule has 0 fully saturated rings. The maximum Gasteiger partial charge on any atom is 0.435 e. The van der Waals surface area contributed by atoms with E-state index in [9.17, 15) is 18.0 Å². The summed E-state index contributed by atoms with van der Waals surface area (Å²) in [5.74, 6) is -0.883. The first-order valence-electron chi connectivity index (χ1n) is 5.24. The van der Waals surface area contributed by atoms with Crippen LogP contribution in [0.3, 0.4) is 0 Å². The van der Waals surface area contributed by atoms with E-state index in [-0.39, 0.29) is 7.12 Å². The molecule has 1 heterocycles. The average molecular weight is 273 g/mol. The Bertz CT molecular complexity index is 596. The summed E-state index contributed by atoms with van der Waals surface area (Å²) >= 11 is 0. The number of carbonyl (C=O) groups excluding carboxylic acids is 1. The van der Waals surface area contributed by atoms with E-state index in [1.807, 2.05) is 0 Å². The number of nitrogens with zero attached hydrogens (tertiary/aromatic N) is 2. The van der Waals surface area contributed by atoms with Gasteiger partial charge in [-0.05, 0) is 12.1 Å². The fourth-order valence-electron chi connectivity index (χ4n) is 1.54. The zero-order chi connectivity index (χ0) is 14.0. The molecule has 1 aromatic heterocycles. The van der Waals surface area contributed by atoms with Crippen molar-refractivity contribution >= 4 is 5.97 Å². The third-order valence-electron chi connectivity index (χ3n) is 2.40. The smallest absolute Gasteiger partial charge is 0.435 e. The Labute approximate surface area is 107 Å². The highest BCUT2D eigenvalue weighted by Crippen LogP contribution is 2.29. The van der Waals surface area contributed by atoms with Gasteiger partial charge in [0.2, 0.25) is 0 Å². The van der Waals surface area contributed by atoms with Crippen molar-refractivity contribution in [2.75, 3.05) is 7.11 Å². The lowest BCUT2D eigenvalue weighted by Crippen LogP contribution is -2.10. The van der Waals surface area contributed by atoms with Gasteiger partial charge < -0.3 is 4.74 Å². The van der Waals surface area contributed by atoms with Crippen LogP contribution < -0.4 is 0 Å². The lowest BCUT2D eigenvalue weighted by atomic mass is 10.3. The predicted molar refractivity (Wildman–Crippen MR) is 62.0 cm³/mol. The van der Waals surface area contributed by atoms with Crippen LogP contribution >= 0.6 is 0 Å². The minimum Gasteiger partial charge on any atom is -0.464 e. The lowest BCUT2D eigenvalue weighted by Gasteiger charge is -2.05. The molecule has 0 bridgehead atoms. The van der Waals surface area contributed by atoms with Gasteiger partial charge in [-0.2, -0.15) is 18.3 Å². The van der Waals surface area contributed by atoms with Crippen LogP contribution in [0.25, 0.3) is 5.69 Å². The van der Waals surface area contributed by atoms with E-state index in [1.54, 1.807) is 30.3 Å². The molecule has 0 spiro atoms. The van der Waals surface area contributed by atoms with Gasteiger partial charge in [-0.25, -0.2) is 9.48 Å². The van der Waals surface area contributed by atoms with Gasteiger partial charge in [0.1, 0.15) is 0 Å². The maximum absolute atomic E-state index is 12.6. The third-order valence-corrected chi connectivity index (χ3v) is 2.40. The second-order valence-corrected chi connectivity index (χ2v) is 3.65. The molecule has 0 unspecified atom stereocenters. The number of esters is 1. The molecule has 0 saturated carbocycles. The molecular formula is C12H11F3N2O2. The number of hydrogen-bond donors (Lipinski definition) is 0. The summed E-state index contributed by atoms with van der Waals surface area (Å²) in [5, 5.41) is 3.41. The molecule has 0 amide bonds. The summed E-state index contributed by atoms with van der Waals surface area (Å²) in [7, 11) is 1.10. The Morgan fingerprint density at radius 1 is 1.32 bits per heavy atom. The number of para-hydroxylation sites is 1. The van der Waals surface area contributed by atoms with Crippen molar-refractivity contribution < 1.29 is 24.1 Å². The van der Waals surface area contributed by atoms with Crippen molar-refractivity contribution in [3.8, 4) is 5.69 Å². The molecule has 102 valence electrons. The van der Waals surface area contributed by atoms with Gasteiger partial charge >= 0.3 is 12.1 Å². The molecule has 0 aliphatic carbocycles. The van der Waals surface area contributed by atoms with Crippen molar-refractivity contribution in [2.24, 2.45) is 0 Å². The number of ether oxygens (including phenoxy) is 1. The van der Waals surface area contributed by atoms with Gasteiger partial charge in [-0.1, -0.05) is 18.2 Å². The van der Waals surface area contributed by atoms with Crippen molar-refractivity contribution in [1.29, 1.82) is 0 Å². The van der Waals surface area contributed by atoms with E-state index in [0.717, 1.165) is 11.8 Å². The van der Waals surface area contributed by atoms with Crippen molar-refractivity contribution in [3.63, 3.8) is 0 Å². The van der Waals surface area contributed by atoms with E-state index in [2.05, 4.69) is 9.84 Å². The van der Waals surface area contributed by atoms with Crippen LogP contribution in [0.4, 0.5) is 13.2 Å². The van der Waals surface area contributed by atoms with E-state index in [4.69, 9.17) is 0 Å². The molecule has 0 saturated heterocycles. The summed E-state index contributed by atoms with van der Waals surface area (Å²) < 4.78 is 43.3. The molecule has 19 heavy (non-hydrogen) atoms. The zero-order valence-electron chi connectivity index (χ0n) is 9.81. The zero-order valence-corrected chi connectivity index (χ0v) is 9.81. The van der Waals surface area contributed by atoms with Crippen LogP contribution in [0.5, 0.6) is 0 Å². The van der Waals surface area contributed by atoms with Gasteiger partial charge in [0.25, 0.3) is 0 Å². The molecule has 2 aromatic rings. The minimum absolute atomic E-state index is 0. The summed E-state index contributed by atoms with van der Waals surface area (Å²) in [6.07, 6.45) is -4.62. The predicted octanol–water partition coefficient (Wildman–Crippen LogP) is 2.92. The van der Waals surface area contributed by atoms with Crippen LogP contribution in [-0.2, 0) is 10.9 Å². The highest BCUT2D eigenvalue weighted by atomic mass is 19.4. The van der Waals surface area contributed by atoms with Gasteiger partial charge in [0.15, 0.2) is 11.4 Å². The number of halogens is 3. The highest BCUT2D eigenvalue weighted by Gasteiger charge is 2.36. The molecule has 0 aliphatic rings. The van der Waals surface area contributed by atoms with E-state index in [0.29, 0.717) is 11.8 Å². The topological polar surface area (TPSA) is 44.1 Å². The highest BCUT2D eigenvalue weighted by molar-refractivity contribution is 5.88. The van der Waals surface area contributed by atoms with Crippen molar-refractivity contribution in [1.82, 2.24) is 9.78 Å². The number of benzene rings is 1. The van der Waals surface area contributed by atoms with Crippen LogP contribution in [0.1, 0.15) is 17.6 Å². The number of methoxy groups -OCH3 is 1. The summed E-state index contributed by atoms with van der Waals surface area (Å²) in [5.41, 5.74) is -1.07. The first-order valence-corrected chi connectivity index (χ1v) is 5.24. The van der Waals surface area contributed by atoms with Crippen molar-refractivity contribution in [3.05, 3.63) is 47.8 Å². The van der Waals surface area contributed by atoms with Gasteiger partial charge in [0.05, 0.1) is 12.8 Å². The molecule has 0 atom stereocenters. The molecule has 0 N–H and O–H groups in total. The standard InChI is InChI=1S/C12H9F3N2O2.H2/c1-19-11(18)9-7-10(12(13,14)15)16-17(9)8-5-3-2-4-6-8;/h2-7H,1H3;1H/i;1+1. The third kappa shape index (κ3) is 2.59. The largest absolute Gasteiger partial charge is 0.464 e. The molecule has 7 heteroatoms. The number of aromatic nitrogens is 2. The first kappa shape index (κ1) is 13.1. The van der Waals surface area contributed by atoms with Crippen LogP contribution in [-0.4, -0.2) is 22.9 Å². The molecule has 0 aliphatic heterocycles. The Morgan fingerprint density at radius 2 is 1.95 bits per heavy atom. The van der Waals surface area contributed by atoms with E-state index >= 15 is 0 Å². The average Bonchev–Trinajstić information content (AvgIpc) is 2.83. The molecule has 4 nitrogen and oxygen atoms in total. The maximum atomic E-state index is 12.6. The van der Waals surface area contributed by atoms with E-state index < -0.39 is 17.8 Å². The first-order chi connectivity index (χ1) is 8.93. The normalized spacial score (nSPS) is 11.4. The quantitative estimate of drug-likeness (QED) is 0.790. The monoisotopic (exact) mass is 273 g/mol. The van der Waals surface area contributed by atoms with Crippen LogP contribution in [0.15, 0.2) is 36.4 Å². The molecule has 2 rings (SSSR count). The summed E-state index contributed by atoms with van der Waals surface area (Å²) in [6.45, 7) is 0.